The summed E-state index contributed by atoms with van der Waals surface area (Å²) >= 11 is 0. The van der Waals surface area contributed by atoms with Crippen molar-refractivity contribution >= 4 is 5.97 Å². The van der Waals surface area contributed by atoms with Gasteiger partial charge in [-0.3, -0.25) is 4.79 Å². The van der Waals surface area contributed by atoms with Gasteiger partial charge in [0.05, 0.1) is 5.41 Å². The van der Waals surface area contributed by atoms with Crippen LogP contribution in [-0.2, 0) is 9.53 Å². The van der Waals surface area contributed by atoms with E-state index in [4.69, 9.17) is 4.74 Å². The molecule has 2 aliphatic rings. The fourth-order valence-corrected chi connectivity index (χ4v) is 3.66. The van der Waals surface area contributed by atoms with E-state index < -0.39 is 0 Å². The van der Waals surface area contributed by atoms with Gasteiger partial charge >= 0.3 is 5.97 Å². The lowest BCUT2D eigenvalue weighted by Crippen LogP contribution is -2.46. The molecule has 0 N–H and O–H groups in total. The monoisotopic (exact) mass is 266 g/mol. The Bertz CT molecular complexity index is 307. The summed E-state index contributed by atoms with van der Waals surface area (Å²) in [5.41, 5.74) is -0.443. The fraction of sp³-hybridized carbons (Fsp3) is 0.941. The van der Waals surface area contributed by atoms with Crippen LogP contribution in [0.15, 0.2) is 0 Å². The zero-order valence-electron chi connectivity index (χ0n) is 13.0. The number of carbonyl (C=O) groups is 1. The van der Waals surface area contributed by atoms with E-state index in [0.717, 1.165) is 19.3 Å². The topological polar surface area (TPSA) is 26.3 Å². The first-order valence-electron chi connectivity index (χ1n) is 8.24. The van der Waals surface area contributed by atoms with Gasteiger partial charge in [-0.1, -0.05) is 26.2 Å². The van der Waals surface area contributed by atoms with E-state index in [2.05, 4.69) is 6.92 Å². The molecule has 0 aromatic heterocycles. The highest BCUT2D eigenvalue weighted by atomic mass is 16.6. The normalized spacial score (nSPS) is 24.4. The third kappa shape index (κ3) is 3.14. The SMILES string of the molecule is CCC(C)(C)C(=O)OC1(C2CCCC2)CCCCC1. The van der Waals surface area contributed by atoms with E-state index in [1.807, 2.05) is 13.8 Å². The molecule has 0 amide bonds. The van der Waals surface area contributed by atoms with Gasteiger partial charge in [-0.25, -0.2) is 0 Å². The molecule has 2 fully saturated rings. The average molecular weight is 266 g/mol. The molecule has 0 unspecified atom stereocenters. The summed E-state index contributed by atoms with van der Waals surface area (Å²) in [7, 11) is 0. The Labute approximate surface area is 118 Å². The summed E-state index contributed by atoms with van der Waals surface area (Å²) in [4.78, 5) is 12.5. The van der Waals surface area contributed by atoms with E-state index in [0.29, 0.717) is 5.92 Å². The van der Waals surface area contributed by atoms with Crippen molar-refractivity contribution in [1.82, 2.24) is 0 Å². The summed E-state index contributed by atoms with van der Waals surface area (Å²) < 4.78 is 6.18. The van der Waals surface area contributed by atoms with Crippen LogP contribution in [0.1, 0.15) is 85.0 Å². The number of esters is 1. The maximum atomic E-state index is 12.5. The first kappa shape index (κ1) is 14.9. The molecular formula is C17H30O2. The maximum Gasteiger partial charge on any atom is 0.312 e. The van der Waals surface area contributed by atoms with Crippen LogP contribution in [-0.4, -0.2) is 11.6 Å². The number of hydrogen-bond acceptors (Lipinski definition) is 2. The predicted molar refractivity (Wildman–Crippen MR) is 77.9 cm³/mol. The van der Waals surface area contributed by atoms with Crippen LogP contribution >= 0.6 is 0 Å². The average Bonchev–Trinajstić information content (AvgIpc) is 2.94. The van der Waals surface area contributed by atoms with Gasteiger partial charge in [0.15, 0.2) is 0 Å². The molecule has 0 heterocycles. The Kier molecular flexibility index (Phi) is 4.58. The second-order valence-corrected chi connectivity index (χ2v) is 7.23. The first-order valence-corrected chi connectivity index (χ1v) is 8.24. The van der Waals surface area contributed by atoms with Crippen molar-refractivity contribution in [2.24, 2.45) is 11.3 Å². The minimum Gasteiger partial charge on any atom is -0.458 e. The Morgan fingerprint density at radius 1 is 1.11 bits per heavy atom. The first-order chi connectivity index (χ1) is 9.00. The molecule has 2 heteroatoms. The van der Waals surface area contributed by atoms with Crippen LogP contribution in [0, 0.1) is 11.3 Å². The Balaban J connectivity index is 2.11. The highest BCUT2D eigenvalue weighted by Crippen LogP contribution is 2.46. The van der Waals surface area contributed by atoms with Gasteiger partial charge in [-0.05, 0) is 64.7 Å². The van der Waals surface area contributed by atoms with Crippen LogP contribution in [0.25, 0.3) is 0 Å². The minimum absolute atomic E-state index is 0.0313. The van der Waals surface area contributed by atoms with Crippen molar-refractivity contribution in [1.29, 1.82) is 0 Å². The maximum absolute atomic E-state index is 12.5. The zero-order valence-corrected chi connectivity index (χ0v) is 13.0. The lowest BCUT2D eigenvalue weighted by atomic mass is 9.74. The molecule has 0 spiro atoms. The quantitative estimate of drug-likeness (QED) is 0.679. The van der Waals surface area contributed by atoms with Crippen LogP contribution in [0.4, 0.5) is 0 Å². The van der Waals surface area contributed by atoms with Crippen molar-refractivity contribution in [3.05, 3.63) is 0 Å². The molecule has 0 saturated heterocycles. The summed E-state index contributed by atoms with van der Waals surface area (Å²) in [5, 5.41) is 0. The van der Waals surface area contributed by atoms with Crippen LogP contribution < -0.4 is 0 Å². The van der Waals surface area contributed by atoms with Crippen molar-refractivity contribution in [2.45, 2.75) is 90.6 Å². The van der Waals surface area contributed by atoms with Gasteiger partial charge in [-0.2, -0.15) is 0 Å². The molecule has 0 atom stereocenters. The van der Waals surface area contributed by atoms with Gasteiger partial charge in [0.2, 0.25) is 0 Å². The predicted octanol–water partition coefficient (Wildman–Crippen LogP) is 4.86. The minimum atomic E-state index is -0.330. The van der Waals surface area contributed by atoms with Crippen LogP contribution in [0.5, 0.6) is 0 Å². The molecule has 2 rings (SSSR count). The van der Waals surface area contributed by atoms with E-state index in [1.165, 1.54) is 44.9 Å². The fourth-order valence-electron chi connectivity index (χ4n) is 3.66. The van der Waals surface area contributed by atoms with Gasteiger partial charge in [0.25, 0.3) is 0 Å². The van der Waals surface area contributed by atoms with Crippen molar-refractivity contribution in [3.8, 4) is 0 Å². The Morgan fingerprint density at radius 2 is 1.68 bits per heavy atom. The third-order valence-electron chi connectivity index (χ3n) is 5.53. The lowest BCUT2D eigenvalue weighted by molar-refractivity contribution is -0.182. The van der Waals surface area contributed by atoms with Gasteiger partial charge in [0.1, 0.15) is 5.60 Å². The molecule has 110 valence electrons. The molecule has 19 heavy (non-hydrogen) atoms. The highest BCUT2D eigenvalue weighted by Gasteiger charge is 2.46. The third-order valence-corrected chi connectivity index (χ3v) is 5.53. The van der Waals surface area contributed by atoms with Crippen LogP contribution in [0.2, 0.25) is 0 Å². The van der Waals surface area contributed by atoms with Gasteiger partial charge in [0, 0.05) is 0 Å². The lowest BCUT2D eigenvalue weighted by Gasteiger charge is -2.43. The molecule has 0 aliphatic heterocycles. The van der Waals surface area contributed by atoms with E-state index in [9.17, 15) is 4.79 Å². The smallest absolute Gasteiger partial charge is 0.312 e. The number of ether oxygens (including phenoxy) is 1. The molecule has 2 aliphatic carbocycles. The number of rotatable bonds is 4. The summed E-state index contributed by atoms with van der Waals surface area (Å²) in [6.07, 6.45) is 12.0. The standard InChI is InChI=1S/C17H30O2/c1-4-16(2,3)15(18)19-17(12-8-5-9-13-17)14-10-6-7-11-14/h14H,4-13H2,1-3H3. The molecular weight excluding hydrogens is 236 g/mol. The van der Waals surface area contributed by atoms with E-state index in [-0.39, 0.29) is 17.0 Å². The van der Waals surface area contributed by atoms with E-state index in [1.54, 1.807) is 0 Å². The zero-order chi connectivity index (χ0) is 13.9. The Hall–Kier alpha value is -0.530. The molecule has 2 saturated carbocycles. The summed E-state index contributed by atoms with van der Waals surface area (Å²) in [6, 6.07) is 0. The highest BCUT2D eigenvalue weighted by molar-refractivity contribution is 5.76. The number of hydrogen-bond donors (Lipinski definition) is 0. The molecule has 0 aromatic rings. The second kappa shape index (κ2) is 5.85. The Morgan fingerprint density at radius 3 is 2.21 bits per heavy atom. The molecule has 0 aromatic carbocycles. The van der Waals surface area contributed by atoms with Gasteiger partial charge < -0.3 is 4.74 Å². The van der Waals surface area contributed by atoms with Crippen LogP contribution in [0.3, 0.4) is 0 Å². The summed E-state index contributed by atoms with van der Waals surface area (Å²) in [5.74, 6) is 0.660. The van der Waals surface area contributed by atoms with Gasteiger partial charge in [-0.15, -0.1) is 0 Å². The van der Waals surface area contributed by atoms with E-state index >= 15 is 0 Å². The largest absolute Gasteiger partial charge is 0.458 e. The number of carbonyl (C=O) groups excluding carboxylic acids is 1. The van der Waals surface area contributed by atoms with Crippen molar-refractivity contribution < 1.29 is 9.53 Å². The summed E-state index contributed by atoms with van der Waals surface area (Å²) in [6.45, 7) is 6.10. The van der Waals surface area contributed by atoms with Crippen molar-refractivity contribution in [3.63, 3.8) is 0 Å². The van der Waals surface area contributed by atoms with Crippen molar-refractivity contribution in [2.75, 3.05) is 0 Å². The second-order valence-electron chi connectivity index (χ2n) is 7.23. The molecule has 0 radical (unpaired) electrons. The molecule has 0 bridgehead atoms. The molecule has 2 nitrogen and oxygen atoms in total.